The highest BCUT2D eigenvalue weighted by Gasteiger charge is 2.44. The van der Waals surface area contributed by atoms with Crippen LogP contribution < -0.4 is 10.1 Å². The molecule has 4 rings (SSSR count). The van der Waals surface area contributed by atoms with Gasteiger partial charge in [-0.1, -0.05) is 30.3 Å². The number of carbonyl (C=O) groups is 2. The second-order valence-electron chi connectivity index (χ2n) is 7.46. The Morgan fingerprint density at radius 3 is 2.45 bits per heavy atom. The van der Waals surface area contributed by atoms with Gasteiger partial charge in [-0.2, -0.15) is 0 Å². The number of ether oxygens (including phenoxy) is 2. The van der Waals surface area contributed by atoms with Crippen molar-refractivity contribution in [1.82, 2.24) is 10.2 Å². The van der Waals surface area contributed by atoms with E-state index in [-0.39, 0.29) is 30.2 Å². The second-order valence-corrected chi connectivity index (χ2v) is 7.46. The highest BCUT2D eigenvalue weighted by Crippen LogP contribution is 2.37. The lowest BCUT2D eigenvalue weighted by molar-refractivity contribution is -0.274. The average Bonchev–Trinajstić information content (AvgIpc) is 3.05. The topological polar surface area (TPSA) is 67.9 Å². The number of benzene rings is 2. The quantitative estimate of drug-likeness (QED) is 0.781. The van der Waals surface area contributed by atoms with E-state index in [0.717, 1.165) is 0 Å². The summed E-state index contributed by atoms with van der Waals surface area (Å²) in [6.07, 6.45) is -3.44. The zero-order valence-electron chi connectivity index (χ0n) is 16.5. The number of nitrogens with one attached hydrogen (secondary N) is 1. The van der Waals surface area contributed by atoms with Crippen LogP contribution in [0, 0.1) is 0 Å². The van der Waals surface area contributed by atoms with E-state index >= 15 is 0 Å². The van der Waals surface area contributed by atoms with Crippen LogP contribution in [0.4, 0.5) is 13.2 Å². The minimum atomic E-state index is -4.76. The first-order valence-corrected chi connectivity index (χ1v) is 9.95. The fourth-order valence-corrected chi connectivity index (χ4v) is 4.04. The van der Waals surface area contributed by atoms with Crippen molar-refractivity contribution in [2.24, 2.45) is 0 Å². The predicted octanol–water partition coefficient (Wildman–Crippen LogP) is 3.58. The summed E-state index contributed by atoms with van der Waals surface area (Å²) in [5.41, 5.74) is 1.78. The van der Waals surface area contributed by atoms with Crippen molar-refractivity contribution in [3.8, 4) is 5.75 Å². The molecule has 0 aromatic heterocycles. The summed E-state index contributed by atoms with van der Waals surface area (Å²) >= 11 is 0. The van der Waals surface area contributed by atoms with E-state index in [9.17, 15) is 22.8 Å². The molecule has 1 atom stereocenters. The Labute approximate surface area is 176 Å². The number of hydrogen-bond donors (Lipinski definition) is 1. The molecule has 2 aliphatic heterocycles. The minimum absolute atomic E-state index is 0.0943. The van der Waals surface area contributed by atoms with Gasteiger partial charge in [0, 0.05) is 31.4 Å². The monoisotopic (exact) mass is 434 g/mol. The van der Waals surface area contributed by atoms with Crippen LogP contribution in [0.15, 0.2) is 48.5 Å². The van der Waals surface area contributed by atoms with Gasteiger partial charge in [0.2, 0.25) is 5.91 Å². The number of alkyl halides is 3. The maximum absolute atomic E-state index is 13.1. The Morgan fingerprint density at radius 2 is 1.77 bits per heavy atom. The van der Waals surface area contributed by atoms with Gasteiger partial charge in [-0.05, 0) is 42.2 Å². The second kappa shape index (κ2) is 8.58. The molecule has 2 aromatic carbocycles. The fraction of sp³-hybridized carbons (Fsp3) is 0.364. The molecule has 2 aliphatic rings. The first kappa shape index (κ1) is 21.2. The Morgan fingerprint density at radius 1 is 1.10 bits per heavy atom. The Hall–Kier alpha value is -3.07. The van der Waals surface area contributed by atoms with Gasteiger partial charge in [-0.25, -0.2) is 0 Å². The van der Waals surface area contributed by atoms with Crippen molar-refractivity contribution in [3.05, 3.63) is 65.2 Å². The molecule has 0 spiro atoms. The standard InChI is InChI=1S/C22H21F3N2O4/c23-22(24,25)31-16-7-5-14(6-8-16)13-26-20(28)19-17-3-1-2-4-18(17)21(29)27(19)15-9-11-30-12-10-15/h1-8,15,19H,9-13H2,(H,26,28)/t19-/m1/s1. The zero-order valence-corrected chi connectivity index (χ0v) is 16.5. The molecule has 6 nitrogen and oxygen atoms in total. The number of amides is 2. The largest absolute Gasteiger partial charge is 0.573 e. The van der Waals surface area contributed by atoms with Crippen LogP contribution in [-0.4, -0.2) is 42.3 Å². The van der Waals surface area contributed by atoms with Crippen molar-refractivity contribution >= 4 is 11.8 Å². The van der Waals surface area contributed by atoms with Gasteiger partial charge in [0.15, 0.2) is 0 Å². The number of fused-ring (bicyclic) bond motifs is 1. The molecule has 1 saturated heterocycles. The molecule has 1 N–H and O–H groups in total. The molecule has 164 valence electrons. The van der Waals surface area contributed by atoms with Gasteiger partial charge in [0.1, 0.15) is 11.8 Å². The molecular weight excluding hydrogens is 413 g/mol. The number of nitrogens with zero attached hydrogens (tertiary/aromatic N) is 1. The van der Waals surface area contributed by atoms with Gasteiger partial charge < -0.3 is 19.7 Å². The van der Waals surface area contributed by atoms with E-state index in [4.69, 9.17) is 4.74 Å². The summed E-state index contributed by atoms with van der Waals surface area (Å²) in [6.45, 7) is 1.18. The molecule has 0 unspecified atom stereocenters. The smallest absolute Gasteiger partial charge is 0.406 e. The fourth-order valence-electron chi connectivity index (χ4n) is 4.04. The Bertz CT molecular complexity index is 956. The van der Waals surface area contributed by atoms with Crippen LogP contribution >= 0.6 is 0 Å². The molecule has 2 aromatic rings. The van der Waals surface area contributed by atoms with Gasteiger partial charge in [-0.15, -0.1) is 13.2 Å². The maximum atomic E-state index is 13.1. The molecule has 31 heavy (non-hydrogen) atoms. The van der Waals surface area contributed by atoms with Gasteiger partial charge >= 0.3 is 6.36 Å². The lowest BCUT2D eigenvalue weighted by Crippen LogP contribution is -2.46. The maximum Gasteiger partial charge on any atom is 0.573 e. The molecule has 9 heteroatoms. The van der Waals surface area contributed by atoms with Crippen LogP contribution in [-0.2, 0) is 16.1 Å². The molecule has 2 heterocycles. The molecule has 0 aliphatic carbocycles. The van der Waals surface area contributed by atoms with Crippen LogP contribution in [0.25, 0.3) is 0 Å². The average molecular weight is 434 g/mol. The van der Waals surface area contributed by atoms with E-state index < -0.39 is 12.4 Å². The van der Waals surface area contributed by atoms with Crippen molar-refractivity contribution in [2.45, 2.75) is 37.8 Å². The SMILES string of the molecule is O=C(NCc1ccc(OC(F)(F)F)cc1)[C@H]1c2ccccc2C(=O)N1C1CCOCC1. The zero-order chi connectivity index (χ0) is 22.0. The van der Waals surface area contributed by atoms with Crippen LogP contribution in [0.5, 0.6) is 5.75 Å². The summed E-state index contributed by atoms with van der Waals surface area (Å²) in [5.74, 6) is -0.833. The molecule has 2 amide bonds. The number of halogens is 3. The van der Waals surface area contributed by atoms with Gasteiger partial charge in [0.25, 0.3) is 5.91 Å². The number of rotatable bonds is 5. The summed E-state index contributed by atoms with van der Waals surface area (Å²) in [6, 6.07) is 11.5. The van der Waals surface area contributed by atoms with Crippen molar-refractivity contribution < 1.29 is 32.2 Å². The van der Waals surface area contributed by atoms with E-state index in [1.807, 2.05) is 0 Å². The Kier molecular flexibility index (Phi) is 5.86. The van der Waals surface area contributed by atoms with Gasteiger partial charge in [0.05, 0.1) is 0 Å². The van der Waals surface area contributed by atoms with Crippen LogP contribution in [0.1, 0.15) is 40.4 Å². The molecule has 0 bridgehead atoms. The van der Waals surface area contributed by atoms with E-state index in [2.05, 4.69) is 10.1 Å². The summed E-state index contributed by atoms with van der Waals surface area (Å²) in [4.78, 5) is 27.8. The minimum Gasteiger partial charge on any atom is -0.406 e. The van der Waals surface area contributed by atoms with E-state index in [1.165, 1.54) is 24.3 Å². The molecule has 0 saturated carbocycles. The first-order valence-electron chi connectivity index (χ1n) is 9.95. The summed E-state index contributed by atoms with van der Waals surface area (Å²) < 4.78 is 46.1. The third kappa shape index (κ3) is 4.66. The lowest BCUT2D eigenvalue weighted by atomic mass is 10.0. The highest BCUT2D eigenvalue weighted by atomic mass is 19.4. The highest BCUT2D eigenvalue weighted by molar-refractivity contribution is 6.04. The van der Waals surface area contributed by atoms with Crippen molar-refractivity contribution in [2.75, 3.05) is 13.2 Å². The summed E-state index contributed by atoms with van der Waals surface area (Å²) in [7, 11) is 0. The molecule has 0 radical (unpaired) electrons. The van der Waals surface area contributed by atoms with Crippen LogP contribution in [0.2, 0.25) is 0 Å². The van der Waals surface area contributed by atoms with Gasteiger partial charge in [-0.3, -0.25) is 9.59 Å². The lowest BCUT2D eigenvalue weighted by Gasteiger charge is -2.35. The van der Waals surface area contributed by atoms with Crippen molar-refractivity contribution in [3.63, 3.8) is 0 Å². The first-order chi connectivity index (χ1) is 14.8. The predicted molar refractivity (Wildman–Crippen MR) is 104 cm³/mol. The number of hydrogen-bond acceptors (Lipinski definition) is 4. The molecular formula is C22H21F3N2O4. The third-order valence-corrected chi connectivity index (χ3v) is 5.45. The van der Waals surface area contributed by atoms with E-state index in [1.54, 1.807) is 29.2 Å². The summed E-state index contributed by atoms with van der Waals surface area (Å²) in [5, 5.41) is 2.81. The number of carbonyl (C=O) groups excluding carboxylic acids is 2. The normalized spacial score (nSPS) is 19.3. The molecule has 1 fully saturated rings. The third-order valence-electron chi connectivity index (χ3n) is 5.45. The van der Waals surface area contributed by atoms with Crippen molar-refractivity contribution in [1.29, 1.82) is 0 Å². The Balaban J connectivity index is 1.48. The van der Waals surface area contributed by atoms with E-state index in [0.29, 0.717) is 42.7 Å². The van der Waals surface area contributed by atoms with Crippen LogP contribution in [0.3, 0.4) is 0 Å².